The van der Waals surface area contributed by atoms with Crippen LogP contribution in [-0.2, 0) is 11.2 Å². The number of thiazole rings is 1. The largest absolute Gasteiger partial charge is 0.508 e. The fourth-order valence-corrected chi connectivity index (χ4v) is 2.76. The van der Waals surface area contributed by atoms with E-state index in [0.717, 1.165) is 17.0 Å². The third kappa shape index (κ3) is 3.71. The van der Waals surface area contributed by atoms with Crippen molar-refractivity contribution in [2.24, 2.45) is 0 Å². The number of nitriles is 1. The van der Waals surface area contributed by atoms with Crippen molar-refractivity contribution in [3.8, 4) is 11.8 Å². The molecule has 1 heterocycles. The van der Waals surface area contributed by atoms with Crippen LogP contribution in [0.4, 0.5) is 5.13 Å². The molecule has 0 saturated carbocycles. The van der Waals surface area contributed by atoms with E-state index < -0.39 is 5.91 Å². The zero-order valence-electron chi connectivity index (χ0n) is 12.3. The summed E-state index contributed by atoms with van der Waals surface area (Å²) in [4.78, 5) is 17.5. The smallest absolute Gasteiger partial charge is 0.268 e. The summed E-state index contributed by atoms with van der Waals surface area (Å²) in [6.45, 7) is 3.95. The average molecular weight is 313 g/mol. The van der Waals surface area contributed by atoms with Crippen LogP contribution in [0.25, 0.3) is 6.08 Å². The first-order valence-corrected chi connectivity index (χ1v) is 7.53. The summed E-state index contributed by atoms with van der Waals surface area (Å²) in [6, 6.07) is 8.13. The molecule has 5 nitrogen and oxygen atoms in total. The fourth-order valence-electron chi connectivity index (χ4n) is 1.86. The molecule has 1 amide bonds. The number of aryl methyl sites for hydroxylation is 2. The fraction of sp³-hybridized carbons (Fsp3) is 0.188. The van der Waals surface area contributed by atoms with Crippen molar-refractivity contribution in [1.82, 2.24) is 4.98 Å². The quantitative estimate of drug-likeness (QED) is 0.670. The highest BCUT2D eigenvalue weighted by Crippen LogP contribution is 2.23. The Morgan fingerprint density at radius 3 is 2.68 bits per heavy atom. The van der Waals surface area contributed by atoms with Gasteiger partial charge in [-0.15, -0.1) is 11.3 Å². The standard InChI is InChI=1S/C16H15N3O2S/c1-3-14-10(2)22-16(18-14)19-15(21)12(9-17)8-11-4-6-13(20)7-5-11/h4-8,20H,3H2,1-2H3,(H,18,19,21)/b12-8+. The van der Waals surface area contributed by atoms with E-state index in [2.05, 4.69) is 10.3 Å². The number of aromatic hydroxyl groups is 1. The number of aromatic nitrogens is 1. The van der Waals surface area contributed by atoms with Crippen LogP contribution in [0.1, 0.15) is 23.1 Å². The van der Waals surface area contributed by atoms with Gasteiger partial charge in [-0.1, -0.05) is 19.1 Å². The van der Waals surface area contributed by atoms with E-state index in [9.17, 15) is 9.90 Å². The van der Waals surface area contributed by atoms with Crippen LogP contribution in [0.2, 0.25) is 0 Å². The molecule has 0 spiro atoms. The first-order chi connectivity index (χ1) is 10.5. The van der Waals surface area contributed by atoms with Crippen molar-refractivity contribution < 1.29 is 9.90 Å². The van der Waals surface area contributed by atoms with Crippen LogP contribution < -0.4 is 5.32 Å². The van der Waals surface area contributed by atoms with Crippen molar-refractivity contribution in [2.75, 3.05) is 5.32 Å². The topological polar surface area (TPSA) is 86.0 Å². The van der Waals surface area contributed by atoms with Gasteiger partial charge in [0.25, 0.3) is 5.91 Å². The molecular weight excluding hydrogens is 298 g/mol. The van der Waals surface area contributed by atoms with E-state index in [1.807, 2.05) is 19.9 Å². The minimum Gasteiger partial charge on any atom is -0.508 e. The molecule has 0 unspecified atom stereocenters. The number of carbonyl (C=O) groups is 1. The molecule has 2 N–H and O–H groups in total. The minimum absolute atomic E-state index is 0.0170. The SMILES string of the molecule is CCc1nc(NC(=O)/C(C#N)=C/c2ccc(O)cc2)sc1C. The van der Waals surface area contributed by atoms with Crippen LogP contribution in [-0.4, -0.2) is 16.0 Å². The molecule has 2 rings (SSSR count). The molecule has 0 fully saturated rings. The summed E-state index contributed by atoms with van der Waals surface area (Å²) in [7, 11) is 0. The number of nitrogens with one attached hydrogen (secondary N) is 1. The van der Waals surface area contributed by atoms with Gasteiger partial charge in [0, 0.05) is 4.88 Å². The third-order valence-electron chi connectivity index (χ3n) is 3.02. The number of anilines is 1. The summed E-state index contributed by atoms with van der Waals surface area (Å²) in [5.41, 5.74) is 1.59. The molecule has 0 aliphatic rings. The number of carbonyl (C=O) groups excluding carboxylic acids is 1. The molecule has 22 heavy (non-hydrogen) atoms. The van der Waals surface area contributed by atoms with Crippen molar-refractivity contribution >= 4 is 28.5 Å². The second kappa shape index (κ2) is 6.87. The molecule has 0 radical (unpaired) electrons. The second-order valence-corrected chi connectivity index (χ2v) is 5.79. The molecule has 2 aromatic rings. The highest BCUT2D eigenvalue weighted by molar-refractivity contribution is 7.15. The van der Waals surface area contributed by atoms with Gasteiger partial charge in [-0.25, -0.2) is 4.98 Å². The molecule has 112 valence electrons. The lowest BCUT2D eigenvalue weighted by molar-refractivity contribution is -0.112. The summed E-state index contributed by atoms with van der Waals surface area (Å²) >= 11 is 1.39. The van der Waals surface area contributed by atoms with Gasteiger partial charge in [0.2, 0.25) is 0 Å². The second-order valence-electron chi connectivity index (χ2n) is 4.59. The van der Waals surface area contributed by atoms with E-state index in [-0.39, 0.29) is 11.3 Å². The van der Waals surface area contributed by atoms with Crippen molar-refractivity contribution in [2.45, 2.75) is 20.3 Å². The lowest BCUT2D eigenvalue weighted by atomic mass is 10.1. The van der Waals surface area contributed by atoms with Gasteiger partial charge in [0.05, 0.1) is 5.69 Å². The number of phenolic OH excluding ortho intramolecular Hbond substituents is 1. The average Bonchev–Trinajstić information content (AvgIpc) is 2.86. The predicted molar refractivity (Wildman–Crippen MR) is 86.6 cm³/mol. The zero-order valence-corrected chi connectivity index (χ0v) is 13.1. The van der Waals surface area contributed by atoms with Crippen LogP contribution in [0.15, 0.2) is 29.8 Å². The first kappa shape index (κ1) is 15.7. The lowest BCUT2D eigenvalue weighted by Crippen LogP contribution is -2.13. The highest BCUT2D eigenvalue weighted by Gasteiger charge is 2.13. The Labute approximate surface area is 132 Å². The van der Waals surface area contributed by atoms with E-state index in [0.29, 0.717) is 10.7 Å². The van der Waals surface area contributed by atoms with Crippen molar-refractivity contribution in [3.63, 3.8) is 0 Å². The maximum atomic E-state index is 12.1. The van der Waals surface area contributed by atoms with E-state index in [4.69, 9.17) is 5.26 Å². The summed E-state index contributed by atoms with van der Waals surface area (Å²) < 4.78 is 0. The van der Waals surface area contributed by atoms with Gasteiger partial charge in [0.1, 0.15) is 17.4 Å². The van der Waals surface area contributed by atoms with Crippen LogP contribution >= 0.6 is 11.3 Å². The molecule has 1 aromatic heterocycles. The molecule has 0 saturated heterocycles. The number of phenols is 1. The van der Waals surface area contributed by atoms with Crippen LogP contribution in [0, 0.1) is 18.3 Å². The van der Waals surface area contributed by atoms with E-state index >= 15 is 0 Å². The number of benzene rings is 1. The molecule has 0 aliphatic carbocycles. The van der Waals surface area contributed by atoms with Gasteiger partial charge >= 0.3 is 0 Å². The Balaban J connectivity index is 2.18. The van der Waals surface area contributed by atoms with Gasteiger partial charge in [-0.2, -0.15) is 5.26 Å². The molecule has 0 atom stereocenters. The molecular formula is C16H15N3O2S. The number of amides is 1. The molecule has 6 heteroatoms. The Kier molecular flexibility index (Phi) is 4.92. The zero-order chi connectivity index (χ0) is 16.1. The van der Waals surface area contributed by atoms with E-state index in [1.165, 1.54) is 29.5 Å². The summed E-state index contributed by atoms with van der Waals surface area (Å²) in [5, 5.41) is 21.5. The molecule has 1 aromatic carbocycles. The number of hydrogen-bond acceptors (Lipinski definition) is 5. The highest BCUT2D eigenvalue weighted by atomic mass is 32.1. The van der Waals surface area contributed by atoms with Crippen LogP contribution in [0.5, 0.6) is 5.75 Å². The van der Waals surface area contributed by atoms with Gasteiger partial charge in [-0.05, 0) is 37.1 Å². The third-order valence-corrected chi connectivity index (χ3v) is 3.95. The molecule has 0 bridgehead atoms. The lowest BCUT2D eigenvalue weighted by Gasteiger charge is -2.00. The number of hydrogen-bond donors (Lipinski definition) is 2. The molecule has 0 aliphatic heterocycles. The Bertz CT molecular complexity index is 755. The Hall–Kier alpha value is -2.65. The normalized spacial score (nSPS) is 11.0. The van der Waals surface area contributed by atoms with Gasteiger partial charge in [0.15, 0.2) is 5.13 Å². The monoisotopic (exact) mass is 313 g/mol. The summed E-state index contributed by atoms with van der Waals surface area (Å²) in [5.74, 6) is -0.363. The summed E-state index contributed by atoms with van der Waals surface area (Å²) in [6.07, 6.45) is 2.27. The van der Waals surface area contributed by atoms with Crippen LogP contribution in [0.3, 0.4) is 0 Å². The number of rotatable bonds is 4. The maximum Gasteiger partial charge on any atom is 0.268 e. The van der Waals surface area contributed by atoms with E-state index in [1.54, 1.807) is 12.1 Å². The van der Waals surface area contributed by atoms with Gasteiger partial charge in [-0.3, -0.25) is 10.1 Å². The minimum atomic E-state index is -0.494. The Morgan fingerprint density at radius 2 is 2.14 bits per heavy atom. The maximum absolute atomic E-state index is 12.1. The Morgan fingerprint density at radius 1 is 1.45 bits per heavy atom. The van der Waals surface area contributed by atoms with Crippen molar-refractivity contribution in [3.05, 3.63) is 46.0 Å². The van der Waals surface area contributed by atoms with Gasteiger partial charge < -0.3 is 5.11 Å². The number of nitrogens with zero attached hydrogens (tertiary/aromatic N) is 2. The first-order valence-electron chi connectivity index (χ1n) is 6.72. The predicted octanol–water partition coefficient (Wildman–Crippen LogP) is 3.27. The van der Waals surface area contributed by atoms with Crippen molar-refractivity contribution in [1.29, 1.82) is 5.26 Å².